The third kappa shape index (κ3) is 28.7. The summed E-state index contributed by atoms with van der Waals surface area (Å²) in [6.07, 6.45) is -16.6. The van der Waals surface area contributed by atoms with Crippen molar-refractivity contribution in [2.75, 3.05) is 85.2 Å². The predicted octanol–water partition coefficient (Wildman–Crippen LogP) is 3.18. The zero-order valence-corrected chi connectivity index (χ0v) is 78.8. The average molecular weight is 1980 g/mol. The van der Waals surface area contributed by atoms with Gasteiger partial charge in [0.25, 0.3) is 0 Å². The van der Waals surface area contributed by atoms with Crippen LogP contribution >= 0.6 is 55.9 Å². The lowest BCUT2D eigenvalue weighted by Crippen LogP contribution is -2.65. The van der Waals surface area contributed by atoms with Crippen LogP contribution in [0, 0.1) is 40.1 Å². The molecule has 4 saturated heterocycles. The number of ketones is 1. The first-order valence-corrected chi connectivity index (χ1v) is 46.4. The molecule has 22 atom stereocenters. The Balaban J connectivity index is 1.01. The van der Waals surface area contributed by atoms with Crippen LogP contribution in [0.2, 0.25) is 0 Å². The summed E-state index contributed by atoms with van der Waals surface area (Å²) in [4.78, 5) is 142. The SMILES string of the molecule is CCOC(=O)CSSC/C=C1\C2=C(NC(=O)OC)C(=O)C[C@@]1(O)C#C/C=C\C#C[C@@H]2O[C@@H]1O[C@H](C)[C@@H](NO[C@H]2C[C@H](O)[C@H](SC(=O)c3c(C)c(I)c(O[C@@H]4O[C@@H](C)[C@H](O)[C@@H](OC)[C@H]4O)c(OC)c3OC)[C@@H](C)O2)[C@H](O)[C@H]1O[C@H]1C[C@H](OC)[C@@H](N(CC)C(=O)OCc2ccc(NC(=O)[C@H](CCCNC(N)=O)NC(=O)[C@@H](NC(=O)[C@H](CCCCN)NC(C)=O)C(C)C)cc2)CO1. The van der Waals surface area contributed by atoms with Crippen LogP contribution in [-0.2, 0) is 92.3 Å². The molecular formula is C85H119IN10O30S3. The van der Waals surface area contributed by atoms with Crippen LogP contribution in [0.25, 0.3) is 0 Å². The van der Waals surface area contributed by atoms with Crippen molar-refractivity contribution in [3.8, 4) is 40.9 Å². The third-order valence-corrected chi connectivity index (χ3v) is 26.5. The number of aliphatic hydroxyl groups is 5. The third-order valence-electron chi connectivity index (χ3n) is 21.8. The van der Waals surface area contributed by atoms with Crippen molar-refractivity contribution in [2.24, 2.45) is 17.4 Å². The van der Waals surface area contributed by atoms with Crippen molar-refractivity contribution in [2.45, 2.75) is 254 Å². The van der Waals surface area contributed by atoms with Crippen molar-refractivity contribution in [1.29, 1.82) is 0 Å². The van der Waals surface area contributed by atoms with Crippen LogP contribution in [0.5, 0.6) is 17.2 Å². The molecule has 0 spiro atoms. The Bertz CT molecular complexity index is 4450. The molecular weight excluding hydrogens is 1860 g/mol. The smallest absolute Gasteiger partial charge is 0.411 e. The molecule has 16 N–H and O–H groups in total. The summed E-state index contributed by atoms with van der Waals surface area (Å²) < 4.78 is 84.6. The molecule has 2 aliphatic carbocycles. The summed E-state index contributed by atoms with van der Waals surface area (Å²) in [6.45, 7) is 14.6. The van der Waals surface area contributed by atoms with E-state index in [1.54, 1.807) is 85.7 Å². The highest BCUT2D eigenvalue weighted by Crippen LogP contribution is 2.49. The van der Waals surface area contributed by atoms with E-state index >= 15 is 0 Å². The number of nitrogens with zero attached hydrogens (tertiary/aromatic N) is 1. The largest absolute Gasteiger partial charge is 0.492 e. The number of likely N-dealkylation sites (N-methyl/N-ethyl adjacent to an activating group) is 1. The van der Waals surface area contributed by atoms with Crippen molar-refractivity contribution in [3.63, 3.8) is 0 Å². The number of alkyl carbamates (subject to hydrolysis) is 1. The van der Waals surface area contributed by atoms with Crippen LogP contribution in [0.15, 0.2) is 59.3 Å². The first kappa shape index (κ1) is 106. The predicted molar refractivity (Wildman–Crippen MR) is 478 cm³/mol. The van der Waals surface area contributed by atoms with Crippen molar-refractivity contribution < 1.29 is 145 Å². The number of anilines is 1. The number of fused-ring (bicyclic) bond motifs is 2. The number of hydrogen-bond acceptors (Lipinski definition) is 35. The van der Waals surface area contributed by atoms with Gasteiger partial charge in [-0.05, 0) is 144 Å². The van der Waals surface area contributed by atoms with Gasteiger partial charge in [0.1, 0.15) is 67.1 Å². The fourth-order valence-corrected chi connectivity index (χ4v) is 18.5. The van der Waals surface area contributed by atoms with E-state index in [2.05, 4.69) is 61.1 Å². The molecule has 0 saturated carbocycles. The average Bonchev–Trinajstić information content (AvgIpc) is 0.749. The maximum atomic E-state index is 14.7. The quantitative estimate of drug-likeness (QED) is 0.00863. The van der Waals surface area contributed by atoms with Crippen molar-refractivity contribution in [3.05, 3.63) is 79.6 Å². The number of methoxy groups -OCH3 is 5. The number of aliphatic hydroxyl groups excluding tert-OH is 4. The number of nitrogens with one attached hydrogen (secondary N) is 7. The Morgan fingerprint density at radius 3 is 2.11 bits per heavy atom. The van der Waals surface area contributed by atoms with Gasteiger partial charge in [0.2, 0.25) is 40.8 Å². The number of rotatable bonds is 42. The van der Waals surface area contributed by atoms with E-state index in [0.29, 0.717) is 34.1 Å². The fourth-order valence-electron chi connectivity index (χ4n) is 15.1. The minimum absolute atomic E-state index is 0.0187. The summed E-state index contributed by atoms with van der Waals surface area (Å²) in [6, 6.07) is 0.0925. The molecule has 0 aromatic heterocycles. The highest BCUT2D eigenvalue weighted by molar-refractivity contribution is 14.1. The lowest BCUT2D eigenvalue weighted by molar-refractivity contribution is -0.337. The van der Waals surface area contributed by atoms with Gasteiger partial charge in [0.05, 0.1) is 104 Å². The summed E-state index contributed by atoms with van der Waals surface area (Å²) in [5.41, 5.74) is 12.2. The molecule has 129 heavy (non-hydrogen) atoms. The summed E-state index contributed by atoms with van der Waals surface area (Å²) in [7, 11) is 8.81. The number of carbonyl (C=O) groups excluding carboxylic acids is 10. The number of nitrogens with two attached hydrogens (primary N) is 2. The number of Topliss-reactive ketones (excluding diaryl/α,β-unsaturated/α-hetero) is 1. The van der Waals surface area contributed by atoms with Crippen LogP contribution in [-0.4, -0.2) is 302 Å². The Kier molecular flexibility index (Phi) is 42.1. The van der Waals surface area contributed by atoms with E-state index in [9.17, 15) is 73.5 Å². The van der Waals surface area contributed by atoms with Gasteiger partial charge in [0.15, 0.2) is 41.8 Å². The zero-order chi connectivity index (χ0) is 94.7. The van der Waals surface area contributed by atoms with E-state index in [-0.39, 0.29) is 116 Å². The number of carbonyl (C=O) groups is 10. The highest BCUT2D eigenvalue weighted by Gasteiger charge is 2.53. The van der Waals surface area contributed by atoms with Gasteiger partial charge in [-0.15, -0.1) is 0 Å². The monoisotopic (exact) mass is 1980 g/mol. The highest BCUT2D eigenvalue weighted by atomic mass is 127. The Morgan fingerprint density at radius 1 is 0.767 bits per heavy atom. The molecule has 44 heteroatoms. The Morgan fingerprint density at radius 2 is 1.47 bits per heavy atom. The molecule has 4 fully saturated rings. The zero-order valence-electron chi connectivity index (χ0n) is 74.2. The molecule has 4 heterocycles. The second kappa shape index (κ2) is 51.2. The number of ether oxygens (including phenoxy) is 14. The number of halogens is 1. The molecule has 0 unspecified atom stereocenters. The van der Waals surface area contributed by atoms with Crippen LogP contribution in [0.1, 0.15) is 128 Å². The van der Waals surface area contributed by atoms with Gasteiger partial charge in [-0.1, -0.05) is 89.1 Å². The number of primary amides is 1. The summed E-state index contributed by atoms with van der Waals surface area (Å²) in [5, 5.41) is 73.7. The number of benzene rings is 2. The number of amides is 8. The van der Waals surface area contributed by atoms with Crippen LogP contribution in [0.4, 0.5) is 20.1 Å². The topological polar surface area (TPSA) is 550 Å². The number of hydrogen-bond donors (Lipinski definition) is 14. The Hall–Kier alpha value is -8.18. The minimum Gasteiger partial charge on any atom is -0.492 e. The number of allylic oxidation sites excluding steroid dienone is 3. The maximum absolute atomic E-state index is 14.7. The van der Waals surface area contributed by atoms with E-state index in [1.165, 1.54) is 63.2 Å². The molecule has 6 aliphatic rings. The van der Waals surface area contributed by atoms with Gasteiger partial charge >= 0.3 is 24.2 Å². The van der Waals surface area contributed by atoms with Gasteiger partial charge < -0.3 is 135 Å². The minimum atomic E-state index is -2.26. The molecule has 8 rings (SSSR count). The molecule has 2 aromatic carbocycles. The second-order valence-electron chi connectivity index (χ2n) is 31.1. The van der Waals surface area contributed by atoms with Gasteiger partial charge in [0, 0.05) is 69.7 Å². The number of urea groups is 1. The van der Waals surface area contributed by atoms with E-state index in [4.69, 9.17) is 82.6 Å². The first-order valence-electron chi connectivity index (χ1n) is 42.0. The van der Waals surface area contributed by atoms with Gasteiger partial charge in [-0.3, -0.25) is 43.7 Å². The number of esters is 1. The lowest BCUT2D eigenvalue weighted by Gasteiger charge is -2.47. The Labute approximate surface area is 774 Å². The lowest BCUT2D eigenvalue weighted by atomic mass is 9.75. The van der Waals surface area contributed by atoms with Crippen molar-refractivity contribution in [1.82, 2.24) is 37.0 Å². The molecule has 2 aromatic rings. The van der Waals surface area contributed by atoms with Crippen LogP contribution in [0.3, 0.4) is 0 Å². The second-order valence-corrected chi connectivity index (χ2v) is 35.8. The van der Waals surface area contributed by atoms with Gasteiger partial charge in [-0.25, -0.2) is 14.4 Å². The molecule has 8 amide bonds. The first-order chi connectivity index (χ1) is 61.5. The van der Waals surface area contributed by atoms with Gasteiger partial charge in [-0.2, -0.15) is 5.48 Å². The van der Waals surface area contributed by atoms with E-state index < -0.39 is 210 Å². The summed E-state index contributed by atoms with van der Waals surface area (Å²) in [5.74, 6) is 7.22. The maximum Gasteiger partial charge on any atom is 0.411 e. The number of hydroxylamine groups is 1. The van der Waals surface area contributed by atoms with Crippen molar-refractivity contribution >= 4 is 120 Å². The molecule has 4 aliphatic heterocycles. The van der Waals surface area contributed by atoms with E-state index in [1.807, 2.05) is 22.6 Å². The molecule has 40 nitrogen and oxygen atoms in total. The fraction of sp³-hybridized carbons (Fsp3) is 0.624. The molecule has 2 bridgehead atoms. The standard InChI is InChI=1S/C85H119IN10O30S3/c1-15-96(84(110)119-39-48-27-29-49(30-28-48)91-76(104)52(25-23-34-89-82(88)108)92-78(106)64(42(3)4)93-77(105)51(90-47(9)97)24-20-22-33-87)53-40-118-59(37-57(53)112-10)124-73-68(102)65(44(6)121-81(73)123-56-26-19-17-18-21-32-85(111)38-55(99)66(94-83(109)116-14)62(56)50(85)31-35-127-128-41-58(100)117-16-2)95-126-60-36-54(98)75(46(8)120-60)129-79(107)61-43(5)63(86)71(74(115-13)70(61)113-11)125-80-69(103)72(114-12)67(101)45(7)122-80/h17-18,27-31,42,44-46,51-54,56-57,59-60,64-65,67-69,72-73,75,80-81,95,98,101-103,111H,15-16,20,22-25,33-41,87H2,1-14H3,(H,90,97)(H,91,104)(H,92,106)(H,93,105)(H,94,109)(H3,88,89,108)/b18-17-,50-31+/t44-,45+,46-,51+,52+,53+,54+,56+,57+,59+,60+,64+,65-,67+,68+,69-,72-,73-,75-,80+,81+,85+/m1/s1. The molecule has 0 radical (unpaired) electrons. The number of unbranched alkanes of at least 4 members (excludes halogenated alkanes) is 1. The normalized spacial score (nSPS) is 27.9. The van der Waals surface area contributed by atoms with Crippen LogP contribution < -0.4 is 63.1 Å². The summed E-state index contributed by atoms with van der Waals surface area (Å²) >= 11 is 2.74. The number of thioether (sulfide) groups is 1. The van der Waals surface area contributed by atoms with E-state index in [0.717, 1.165) is 29.7 Å². The molecule has 714 valence electrons.